The van der Waals surface area contributed by atoms with E-state index in [2.05, 4.69) is 0 Å². The topological polar surface area (TPSA) is 120 Å². The molecule has 1 N–H and O–H groups in total. The fourth-order valence-electron chi connectivity index (χ4n) is 3.12. The minimum atomic E-state index is -0.923. The average molecular weight is 443 g/mol. The maximum absolute atomic E-state index is 11.8. The number of nitrogens with zero attached hydrogens (tertiary/aromatic N) is 4. The average Bonchev–Trinajstić information content (AvgIpc) is 2.74. The molecule has 0 aromatic heterocycles. The van der Waals surface area contributed by atoms with Crippen molar-refractivity contribution in [3.05, 3.63) is 12.2 Å². The summed E-state index contributed by atoms with van der Waals surface area (Å²) in [5.41, 5.74) is 0. The SMILES string of the molecule is COC(=O)CN1CC=CCN(CC(=O)O)CCN(CC=O)CCN(CC(=O)OC)CC1. The van der Waals surface area contributed by atoms with E-state index in [1.54, 1.807) is 4.90 Å². The number of carboxylic acids is 1. The van der Waals surface area contributed by atoms with Crippen LogP contribution in [0.1, 0.15) is 0 Å². The van der Waals surface area contributed by atoms with Crippen molar-refractivity contribution < 1.29 is 33.8 Å². The molecule has 31 heavy (non-hydrogen) atoms. The van der Waals surface area contributed by atoms with Crippen LogP contribution in [-0.4, -0.2) is 142 Å². The zero-order valence-corrected chi connectivity index (χ0v) is 18.4. The summed E-state index contributed by atoms with van der Waals surface area (Å²) in [6, 6.07) is 0. The van der Waals surface area contributed by atoms with E-state index in [1.807, 2.05) is 26.9 Å². The molecule has 0 unspecified atom stereocenters. The largest absolute Gasteiger partial charge is 0.480 e. The lowest BCUT2D eigenvalue weighted by Gasteiger charge is -2.30. The third-order valence-electron chi connectivity index (χ3n) is 4.94. The molecule has 1 heterocycles. The quantitative estimate of drug-likeness (QED) is 0.266. The van der Waals surface area contributed by atoms with Crippen LogP contribution in [0.3, 0.4) is 0 Å². The predicted molar refractivity (Wildman–Crippen MR) is 113 cm³/mol. The van der Waals surface area contributed by atoms with Crippen molar-refractivity contribution >= 4 is 24.2 Å². The number of esters is 2. The second-order valence-corrected chi connectivity index (χ2v) is 7.23. The Kier molecular flexibility index (Phi) is 13.3. The van der Waals surface area contributed by atoms with Crippen molar-refractivity contribution in [2.75, 3.05) is 92.8 Å². The third kappa shape index (κ3) is 12.2. The van der Waals surface area contributed by atoms with Crippen LogP contribution in [0, 0.1) is 0 Å². The lowest BCUT2D eigenvalue weighted by molar-refractivity contribution is -0.143. The Morgan fingerprint density at radius 2 is 1.19 bits per heavy atom. The van der Waals surface area contributed by atoms with Gasteiger partial charge in [-0.15, -0.1) is 0 Å². The van der Waals surface area contributed by atoms with Crippen molar-refractivity contribution in [3.63, 3.8) is 0 Å². The van der Waals surface area contributed by atoms with Gasteiger partial charge in [0, 0.05) is 52.4 Å². The highest BCUT2D eigenvalue weighted by Gasteiger charge is 2.18. The van der Waals surface area contributed by atoms with Crippen LogP contribution in [0.2, 0.25) is 0 Å². The molecule has 176 valence electrons. The molecule has 0 spiro atoms. The van der Waals surface area contributed by atoms with Gasteiger partial charge in [0.05, 0.1) is 40.4 Å². The van der Waals surface area contributed by atoms with Crippen LogP contribution in [0.4, 0.5) is 0 Å². The second-order valence-electron chi connectivity index (χ2n) is 7.23. The van der Waals surface area contributed by atoms with Crippen LogP contribution in [0.25, 0.3) is 0 Å². The molecule has 0 amide bonds. The van der Waals surface area contributed by atoms with E-state index in [4.69, 9.17) is 9.47 Å². The number of rotatable bonds is 8. The minimum Gasteiger partial charge on any atom is -0.480 e. The summed E-state index contributed by atoms with van der Waals surface area (Å²) in [6.07, 6.45) is 4.57. The maximum Gasteiger partial charge on any atom is 0.319 e. The number of carboxylic acid groups (broad SMARTS) is 1. The van der Waals surface area contributed by atoms with Crippen molar-refractivity contribution in [3.8, 4) is 0 Å². The van der Waals surface area contributed by atoms with Gasteiger partial charge in [-0.05, 0) is 0 Å². The first kappa shape index (κ1) is 26.7. The van der Waals surface area contributed by atoms with E-state index in [0.717, 1.165) is 6.29 Å². The predicted octanol–water partition coefficient (Wildman–Crippen LogP) is -1.61. The summed E-state index contributed by atoms with van der Waals surface area (Å²) in [7, 11) is 2.66. The Balaban J connectivity index is 2.98. The van der Waals surface area contributed by atoms with Gasteiger partial charge in [0.2, 0.25) is 0 Å². The van der Waals surface area contributed by atoms with Gasteiger partial charge in [0.1, 0.15) is 6.29 Å². The third-order valence-corrected chi connectivity index (χ3v) is 4.94. The highest BCUT2D eigenvalue weighted by Crippen LogP contribution is 2.00. The van der Waals surface area contributed by atoms with Gasteiger partial charge in [-0.25, -0.2) is 0 Å². The molecule has 0 atom stereocenters. The Labute approximate surface area is 183 Å². The number of hydrogen-bond acceptors (Lipinski definition) is 10. The number of aldehydes is 1. The summed E-state index contributed by atoms with van der Waals surface area (Å²) in [5.74, 6) is -1.65. The maximum atomic E-state index is 11.8. The van der Waals surface area contributed by atoms with Crippen molar-refractivity contribution in [1.82, 2.24) is 19.6 Å². The highest BCUT2D eigenvalue weighted by molar-refractivity contribution is 5.72. The second kappa shape index (κ2) is 15.5. The van der Waals surface area contributed by atoms with Gasteiger partial charge < -0.3 is 19.4 Å². The van der Waals surface area contributed by atoms with Gasteiger partial charge in [0.25, 0.3) is 0 Å². The summed E-state index contributed by atoms with van der Waals surface area (Å²) in [6.45, 7) is 4.34. The van der Waals surface area contributed by atoms with Gasteiger partial charge >= 0.3 is 17.9 Å². The molecule has 0 radical (unpaired) electrons. The Morgan fingerprint density at radius 3 is 1.65 bits per heavy atom. The molecule has 0 bridgehead atoms. The van der Waals surface area contributed by atoms with Crippen molar-refractivity contribution in [2.45, 2.75) is 0 Å². The summed E-state index contributed by atoms with van der Waals surface area (Å²) in [4.78, 5) is 53.4. The molecule has 0 aliphatic carbocycles. The van der Waals surface area contributed by atoms with Crippen LogP contribution in [0.5, 0.6) is 0 Å². The minimum absolute atomic E-state index is 0.0957. The molecule has 11 heteroatoms. The number of ether oxygens (including phenoxy) is 2. The fraction of sp³-hybridized carbons (Fsp3) is 0.700. The number of aliphatic carboxylic acids is 1. The summed E-state index contributed by atoms with van der Waals surface area (Å²) >= 11 is 0. The van der Waals surface area contributed by atoms with E-state index in [0.29, 0.717) is 52.4 Å². The van der Waals surface area contributed by atoms with Crippen molar-refractivity contribution in [1.29, 1.82) is 0 Å². The standard InChI is InChI=1S/C20H34N4O7/c1-30-19(28)16-23-6-4-3-5-22(15-18(26)27)9-7-21(13-14-25)8-10-24(12-11-23)17-20(29)31-2/h3-4,14H,5-13,15-17H2,1-2H3,(H,26,27). The molecule has 1 aliphatic rings. The molecule has 0 saturated heterocycles. The number of carbonyl (C=O) groups is 4. The van der Waals surface area contributed by atoms with E-state index in [1.165, 1.54) is 14.2 Å². The Bertz CT molecular complexity index is 614. The van der Waals surface area contributed by atoms with Gasteiger partial charge in [-0.3, -0.25) is 34.0 Å². The van der Waals surface area contributed by atoms with Crippen LogP contribution in [0.15, 0.2) is 12.2 Å². The molecule has 0 aromatic carbocycles. The molecule has 1 rings (SSSR count). The molecule has 0 fully saturated rings. The zero-order valence-electron chi connectivity index (χ0n) is 18.4. The van der Waals surface area contributed by atoms with Crippen LogP contribution >= 0.6 is 0 Å². The number of carbonyl (C=O) groups excluding carboxylic acids is 3. The molecular weight excluding hydrogens is 408 g/mol. The van der Waals surface area contributed by atoms with Gasteiger partial charge in [0.15, 0.2) is 0 Å². The van der Waals surface area contributed by atoms with Crippen LogP contribution < -0.4 is 0 Å². The van der Waals surface area contributed by atoms with Gasteiger partial charge in [-0.1, -0.05) is 12.2 Å². The molecule has 11 nitrogen and oxygen atoms in total. The molecule has 1 aliphatic heterocycles. The van der Waals surface area contributed by atoms with Gasteiger partial charge in [-0.2, -0.15) is 0 Å². The summed E-state index contributed by atoms with van der Waals surface area (Å²) in [5, 5.41) is 9.17. The highest BCUT2D eigenvalue weighted by atomic mass is 16.5. The lowest BCUT2D eigenvalue weighted by Crippen LogP contribution is -2.45. The van der Waals surface area contributed by atoms with Crippen LogP contribution in [-0.2, 0) is 28.7 Å². The molecule has 0 saturated carbocycles. The Hall–Kier alpha value is -2.34. The Morgan fingerprint density at radius 1 is 0.774 bits per heavy atom. The van der Waals surface area contributed by atoms with Crippen molar-refractivity contribution in [2.24, 2.45) is 0 Å². The van der Waals surface area contributed by atoms with E-state index < -0.39 is 5.97 Å². The first-order valence-electron chi connectivity index (χ1n) is 10.2. The number of hydrogen-bond donors (Lipinski definition) is 1. The first-order valence-corrected chi connectivity index (χ1v) is 10.2. The normalized spacial score (nSPS) is 18.8. The fourth-order valence-corrected chi connectivity index (χ4v) is 3.12. The first-order chi connectivity index (χ1) is 14.9. The monoisotopic (exact) mass is 442 g/mol. The molecule has 0 aromatic rings. The van der Waals surface area contributed by atoms with E-state index >= 15 is 0 Å². The van der Waals surface area contributed by atoms with E-state index in [9.17, 15) is 24.3 Å². The lowest BCUT2D eigenvalue weighted by atomic mass is 10.3. The van der Waals surface area contributed by atoms with E-state index in [-0.39, 0.29) is 38.1 Å². The molecular formula is C20H34N4O7. The smallest absolute Gasteiger partial charge is 0.319 e. The summed E-state index contributed by atoms with van der Waals surface area (Å²) < 4.78 is 9.55. The number of methoxy groups -OCH3 is 2. The zero-order chi connectivity index (χ0) is 23.1.